The molecular formula is C14H18N2O2. The van der Waals surface area contributed by atoms with Gasteiger partial charge in [-0.25, -0.2) is 0 Å². The van der Waals surface area contributed by atoms with Crippen LogP contribution in [0, 0.1) is 24.2 Å². The third-order valence-corrected chi connectivity index (χ3v) is 2.84. The second-order valence-electron chi connectivity index (χ2n) is 4.38. The molecule has 1 unspecified atom stereocenters. The first-order chi connectivity index (χ1) is 8.49. The molecule has 18 heavy (non-hydrogen) atoms. The summed E-state index contributed by atoms with van der Waals surface area (Å²) < 4.78 is 0. The highest BCUT2D eigenvalue weighted by Crippen LogP contribution is 2.18. The first-order valence-electron chi connectivity index (χ1n) is 5.98. The minimum atomic E-state index is -0.201. The van der Waals surface area contributed by atoms with Gasteiger partial charge in [0.2, 0.25) is 0 Å². The molecule has 0 bridgehead atoms. The lowest BCUT2D eigenvalue weighted by Gasteiger charge is -2.22. The number of hydrogen-bond acceptors (Lipinski definition) is 3. The van der Waals surface area contributed by atoms with Gasteiger partial charge < -0.3 is 10.0 Å². The van der Waals surface area contributed by atoms with E-state index in [2.05, 4.69) is 6.07 Å². The average molecular weight is 246 g/mol. The SMILES string of the molecule is CCN(CC(C)C#N)C(=O)c1ccc(C)c(O)c1. The minimum absolute atomic E-state index is 0.116. The molecule has 0 aliphatic heterocycles. The topological polar surface area (TPSA) is 64.3 Å². The molecular weight excluding hydrogens is 228 g/mol. The predicted octanol–water partition coefficient (Wildman–Crippen LogP) is 2.32. The van der Waals surface area contributed by atoms with Crippen molar-refractivity contribution < 1.29 is 9.90 Å². The summed E-state index contributed by atoms with van der Waals surface area (Å²) in [5.74, 6) is -0.243. The van der Waals surface area contributed by atoms with Gasteiger partial charge >= 0.3 is 0 Å². The molecule has 0 radical (unpaired) electrons. The smallest absolute Gasteiger partial charge is 0.254 e. The van der Waals surface area contributed by atoms with Crippen molar-refractivity contribution in [3.63, 3.8) is 0 Å². The second kappa shape index (κ2) is 6.06. The number of carbonyl (C=O) groups is 1. The number of amides is 1. The van der Waals surface area contributed by atoms with Crippen LogP contribution in [0.4, 0.5) is 0 Å². The van der Waals surface area contributed by atoms with Gasteiger partial charge in [-0.3, -0.25) is 4.79 Å². The van der Waals surface area contributed by atoms with Crippen molar-refractivity contribution in [3.05, 3.63) is 29.3 Å². The summed E-state index contributed by atoms with van der Waals surface area (Å²) in [5, 5.41) is 18.4. The summed E-state index contributed by atoms with van der Waals surface area (Å²) in [4.78, 5) is 13.8. The number of nitriles is 1. The molecule has 0 spiro atoms. The van der Waals surface area contributed by atoms with E-state index in [-0.39, 0.29) is 17.6 Å². The average Bonchev–Trinajstić information content (AvgIpc) is 2.38. The van der Waals surface area contributed by atoms with Crippen LogP contribution in [0.3, 0.4) is 0 Å². The quantitative estimate of drug-likeness (QED) is 0.886. The zero-order valence-electron chi connectivity index (χ0n) is 11.0. The normalized spacial score (nSPS) is 11.7. The van der Waals surface area contributed by atoms with E-state index in [1.165, 1.54) is 6.07 Å². The highest BCUT2D eigenvalue weighted by atomic mass is 16.3. The molecule has 1 aromatic carbocycles. The minimum Gasteiger partial charge on any atom is -0.508 e. The molecule has 0 fully saturated rings. The molecule has 1 amide bonds. The molecule has 0 saturated carbocycles. The van der Waals surface area contributed by atoms with Crippen LogP contribution in [0.15, 0.2) is 18.2 Å². The number of benzene rings is 1. The van der Waals surface area contributed by atoms with Crippen molar-refractivity contribution in [2.75, 3.05) is 13.1 Å². The van der Waals surface area contributed by atoms with E-state index in [9.17, 15) is 9.90 Å². The van der Waals surface area contributed by atoms with Crippen molar-refractivity contribution in [2.45, 2.75) is 20.8 Å². The zero-order valence-corrected chi connectivity index (χ0v) is 11.0. The summed E-state index contributed by atoms with van der Waals surface area (Å²) in [6.45, 7) is 6.37. The Labute approximate surface area is 107 Å². The van der Waals surface area contributed by atoms with Gasteiger partial charge in [-0.05, 0) is 38.5 Å². The molecule has 0 saturated heterocycles. The zero-order chi connectivity index (χ0) is 13.7. The van der Waals surface area contributed by atoms with E-state index in [4.69, 9.17) is 5.26 Å². The lowest BCUT2D eigenvalue weighted by Crippen LogP contribution is -2.34. The van der Waals surface area contributed by atoms with Crippen molar-refractivity contribution >= 4 is 5.91 Å². The molecule has 1 atom stereocenters. The Morgan fingerprint density at radius 2 is 2.22 bits per heavy atom. The number of rotatable bonds is 4. The molecule has 1 rings (SSSR count). The molecule has 0 aliphatic rings. The number of carbonyl (C=O) groups excluding carboxylic acids is 1. The van der Waals surface area contributed by atoms with Gasteiger partial charge in [0.05, 0.1) is 12.0 Å². The van der Waals surface area contributed by atoms with Crippen LogP contribution in [-0.4, -0.2) is 29.0 Å². The van der Waals surface area contributed by atoms with Crippen LogP contribution < -0.4 is 0 Å². The van der Waals surface area contributed by atoms with Gasteiger partial charge in [-0.1, -0.05) is 6.07 Å². The van der Waals surface area contributed by atoms with Crippen molar-refractivity contribution in [1.29, 1.82) is 5.26 Å². The molecule has 4 heteroatoms. The van der Waals surface area contributed by atoms with Crippen LogP contribution in [-0.2, 0) is 0 Å². The van der Waals surface area contributed by atoms with Gasteiger partial charge in [0, 0.05) is 18.7 Å². The van der Waals surface area contributed by atoms with Crippen LogP contribution in [0.2, 0.25) is 0 Å². The van der Waals surface area contributed by atoms with Crippen molar-refractivity contribution in [3.8, 4) is 11.8 Å². The molecule has 0 aromatic heterocycles. The van der Waals surface area contributed by atoms with Crippen molar-refractivity contribution in [2.24, 2.45) is 5.92 Å². The van der Waals surface area contributed by atoms with E-state index in [1.807, 2.05) is 6.92 Å². The molecule has 0 aliphatic carbocycles. The number of aryl methyl sites for hydroxylation is 1. The highest BCUT2D eigenvalue weighted by Gasteiger charge is 2.17. The van der Waals surface area contributed by atoms with Crippen molar-refractivity contribution in [1.82, 2.24) is 4.90 Å². The van der Waals surface area contributed by atoms with Gasteiger partial charge in [0.25, 0.3) is 5.91 Å². The Balaban J connectivity index is 2.90. The highest BCUT2D eigenvalue weighted by molar-refractivity contribution is 5.94. The van der Waals surface area contributed by atoms with Gasteiger partial charge in [-0.2, -0.15) is 5.26 Å². The molecule has 4 nitrogen and oxygen atoms in total. The van der Waals surface area contributed by atoms with Crippen LogP contribution >= 0.6 is 0 Å². The molecule has 1 aromatic rings. The number of aromatic hydroxyl groups is 1. The molecule has 0 heterocycles. The van der Waals surface area contributed by atoms with E-state index >= 15 is 0 Å². The Morgan fingerprint density at radius 1 is 1.56 bits per heavy atom. The first-order valence-corrected chi connectivity index (χ1v) is 5.98. The fraction of sp³-hybridized carbons (Fsp3) is 0.429. The van der Waals surface area contributed by atoms with E-state index in [0.717, 1.165) is 5.56 Å². The standard InChI is InChI=1S/C14H18N2O2/c1-4-16(9-10(2)8-15)14(18)12-6-5-11(3)13(17)7-12/h5-7,10,17H,4,9H2,1-3H3. The molecule has 96 valence electrons. The van der Waals surface area contributed by atoms with E-state index in [1.54, 1.807) is 30.9 Å². The summed E-state index contributed by atoms with van der Waals surface area (Å²) in [5.41, 5.74) is 1.19. The van der Waals surface area contributed by atoms with Gasteiger partial charge in [0.1, 0.15) is 5.75 Å². The summed E-state index contributed by atoms with van der Waals surface area (Å²) in [7, 11) is 0. The second-order valence-corrected chi connectivity index (χ2v) is 4.38. The fourth-order valence-electron chi connectivity index (χ4n) is 1.65. The maximum atomic E-state index is 12.2. The van der Waals surface area contributed by atoms with Crippen LogP contribution in [0.5, 0.6) is 5.75 Å². The number of nitrogens with zero attached hydrogens (tertiary/aromatic N) is 2. The summed E-state index contributed by atoms with van der Waals surface area (Å²) >= 11 is 0. The maximum absolute atomic E-state index is 12.2. The number of phenols is 1. The van der Waals surface area contributed by atoms with Crippen LogP contribution in [0.25, 0.3) is 0 Å². The fourth-order valence-corrected chi connectivity index (χ4v) is 1.65. The van der Waals surface area contributed by atoms with Gasteiger partial charge in [0.15, 0.2) is 0 Å². The third-order valence-electron chi connectivity index (χ3n) is 2.84. The van der Waals surface area contributed by atoms with Gasteiger partial charge in [-0.15, -0.1) is 0 Å². The van der Waals surface area contributed by atoms with E-state index < -0.39 is 0 Å². The number of phenolic OH excluding ortho intramolecular Hbond substituents is 1. The van der Waals surface area contributed by atoms with Crippen LogP contribution in [0.1, 0.15) is 29.8 Å². The summed E-state index contributed by atoms with van der Waals surface area (Å²) in [6, 6.07) is 6.99. The lowest BCUT2D eigenvalue weighted by molar-refractivity contribution is 0.0752. The maximum Gasteiger partial charge on any atom is 0.254 e. The lowest BCUT2D eigenvalue weighted by atomic mass is 10.1. The Hall–Kier alpha value is -2.02. The first kappa shape index (κ1) is 14.0. The third kappa shape index (κ3) is 3.24. The predicted molar refractivity (Wildman–Crippen MR) is 69.2 cm³/mol. The molecule has 1 N–H and O–H groups in total. The Kier molecular flexibility index (Phi) is 4.73. The monoisotopic (exact) mass is 246 g/mol. The Morgan fingerprint density at radius 3 is 2.72 bits per heavy atom. The largest absolute Gasteiger partial charge is 0.508 e. The summed E-state index contributed by atoms with van der Waals surface area (Å²) in [6.07, 6.45) is 0. The number of hydrogen-bond donors (Lipinski definition) is 1. The van der Waals surface area contributed by atoms with E-state index in [0.29, 0.717) is 18.7 Å². The Bertz CT molecular complexity index is 477.